The van der Waals surface area contributed by atoms with Crippen LogP contribution < -0.4 is 5.32 Å². The first-order valence-electron chi connectivity index (χ1n) is 9.34. The Morgan fingerprint density at radius 2 is 1.96 bits per heavy atom. The molecule has 1 N–H and O–H groups in total. The van der Waals surface area contributed by atoms with Crippen molar-refractivity contribution in [3.8, 4) is 0 Å². The van der Waals surface area contributed by atoms with Crippen molar-refractivity contribution in [3.05, 3.63) is 46.4 Å². The number of para-hydroxylation sites is 1. The van der Waals surface area contributed by atoms with Gasteiger partial charge in [-0.2, -0.15) is 0 Å². The van der Waals surface area contributed by atoms with Gasteiger partial charge in [0.2, 0.25) is 5.91 Å². The molecule has 2 heterocycles. The first-order chi connectivity index (χ1) is 12.3. The third-order valence-electron chi connectivity index (χ3n) is 5.35. The van der Waals surface area contributed by atoms with Gasteiger partial charge < -0.3 is 5.32 Å². The van der Waals surface area contributed by atoms with Crippen LogP contribution in [0.2, 0.25) is 0 Å². The second-order valence-corrected chi connectivity index (χ2v) is 8.03. The maximum Gasteiger partial charge on any atom is 0.241 e. The first kappa shape index (κ1) is 16.7. The predicted octanol–water partition coefficient (Wildman–Crippen LogP) is 4.40. The molecule has 1 amide bonds. The van der Waals surface area contributed by atoms with Gasteiger partial charge in [0.05, 0.1) is 16.7 Å². The lowest BCUT2D eigenvalue weighted by Crippen LogP contribution is -2.39. The number of hydrogen-bond acceptors (Lipinski definition) is 4. The summed E-state index contributed by atoms with van der Waals surface area (Å²) in [4.78, 5) is 19.8. The van der Waals surface area contributed by atoms with Crippen LogP contribution in [0.4, 0.5) is 5.69 Å². The Labute approximate surface area is 153 Å². The lowest BCUT2D eigenvalue weighted by molar-refractivity contribution is -0.120. The molecule has 2 fully saturated rings. The molecule has 1 saturated carbocycles. The van der Waals surface area contributed by atoms with Gasteiger partial charge in [0.25, 0.3) is 0 Å². The van der Waals surface area contributed by atoms with Crippen molar-refractivity contribution in [1.29, 1.82) is 0 Å². The van der Waals surface area contributed by atoms with Gasteiger partial charge in [-0.1, -0.05) is 31.0 Å². The molecule has 4 nitrogen and oxygen atoms in total. The molecule has 1 aliphatic carbocycles. The number of carbonyl (C=O) groups is 1. The molecule has 4 rings (SSSR count). The summed E-state index contributed by atoms with van der Waals surface area (Å²) in [6, 6.07) is 9.68. The topological polar surface area (TPSA) is 45.2 Å². The number of rotatable bonds is 5. The van der Waals surface area contributed by atoms with Crippen LogP contribution in [0.3, 0.4) is 0 Å². The lowest BCUT2D eigenvalue weighted by atomic mass is 10.1. The van der Waals surface area contributed by atoms with Crippen LogP contribution in [-0.2, 0) is 11.3 Å². The number of likely N-dealkylation sites (tertiary alicyclic amines) is 1. The zero-order chi connectivity index (χ0) is 17.1. The molecule has 0 bridgehead atoms. The summed E-state index contributed by atoms with van der Waals surface area (Å²) in [5.74, 6) is 0.782. The number of hydrogen-bond donors (Lipinski definition) is 1. The van der Waals surface area contributed by atoms with E-state index in [9.17, 15) is 4.79 Å². The van der Waals surface area contributed by atoms with Gasteiger partial charge in [-0.3, -0.25) is 9.69 Å². The Morgan fingerprint density at radius 1 is 1.16 bits per heavy atom. The molecule has 0 spiro atoms. The molecule has 25 heavy (non-hydrogen) atoms. The van der Waals surface area contributed by atoms with Crippen molar-refractivity contribution in [2.24, 2.45) is 0 Å². The lowest BCUT2D eigenvalue weighted by Gasteiger charge is -2.22. The number of amides is 1. The molecule has 1 aliphatic heterocycles. The summed E-state index contributed by atoms with van der Waals surface area (Å²) in [6.45, 7) is 1.76. The standard InChI is InChI=1S/C20H25N3OS/c24-19(21-16-9-2-1-3-10-16)18-11-6-12-23(18)13-17-14-25-20(22-17)15-7-4-5-8-15/h1-3,9-10,14-15,18H,4-8,11-13H2,(H,21,24)/t18-/m1/s1. The highest BCUT2D eigenvalue weighted by Crippen LogP contribution is 2.36. The van der Waals surface area contributed by atoms with Crippen LogP contribution in [0.15, 0.2) is 35.7 Å². The van der Waals surface area contributed by atoms with Crippen LogP contribution >= 0.6 is 11.3 Å². The molecule has 1 aromatic carbocycles. The molecule has 5 heteroatoms. The van der Waals surface area contributed by atoms with Crippen LogP contribution in [0.5, 0.6) is 0 Å². The zero-order valence-corrected chi connectivity index (χ0v) is 15.3. The minimum atomic E-state index is -0.0446. The molecule has 0 unspecified atom stereocenters. The summed E-state index contributed by atoms with van der Waals surface area (Å²) in [6.07, 6.45) is 7.27. The van der Waals surface area contributed by atoms with Crippen molar-refractivity contribution in [3.63, 3.8) is 0 Å². The minimum absolute atomic E-state index is 0.0446. The number of anilines is 1. The van der Waals surface area contributed by atoms with E-state index in [4.69, 9.17) is 4.98 Å². The molecular weight excluding hydrogens is 330 g/mol. The molecule has 1 aromatic heterocycles. The van der Waals surface area contributed by atoms with E-state index in [-0.39, 0.29) is 11.9 Å². The van der Waals surface area contributed by atoms with E-state index < -0.39 is 0 Å². The highest BCUT2D eigenvalue weighted by Gasteiger charge is 2.31. The fraction of sp³-hybridized carbons (Fsp3) is 0.500. The number of nitrogens with zero attached hydrogens (tertiary/aromatic N) is 2. The van der Waals surface area contributed by atoms with Crippen molar-refractivity contribution >= 4 is 22.9 Å². The van der Waals surface area contributed by atoms with Crippen molar-refractivity contribution in [2.75, 3.05) is 11.9 Å². The van der Waals surface area contributed by atoms with Gasteiger partial charge in [0.15, 0.2) is 0 Å². The molecule has 0 radical (unpaired) electrons. The zero-order valence-electron chi connectivity index (χ0n) is 14.5. The molecule has 1 saturated heterocycles. The van der Waals surface area contributed by atoms with Gasteiger partial charge >= 0.3 is 0 Å². The molecule has 2 aliphatic rings. The predicted molar refractivity (Wildman–Crippen MR) is 102 cm³/mol. The summed E-state index contributed by atoms with van der Waals surface area (Å²) < 4.78 is 0. The monoisotopic (exact) mass is 355 g/mol. The van der Waals surface area contributed by atoms with E-state index in [0.29, 0.717) is 5.92 Å². The second kappa shape index (κ2) is 7.67. The third-order valence-corrected chi connectivity index (χ3v) is 6.40. The van der Waals surface area contributed by atoms with Crippen LogP contribution in [0.1, 0.15) is 55.1 Å². The van der Waals surface area contributed by atoms with Gasteiger partial charge in [-0.05, 0) is 44.4 Å². The normalized spacial score (nSPS) is 21.7. The Hall–Kier alpha value is -1.72. The summed E-state index contributed by atoms with van der Waals surface area (Å²) in [5, 5.41) is 6.55. The number of thiazole rings is 1. The summed E-state index contributed by atoms with van der Waals surface area (Å²) >= 11 is 1.80. The van der Waals surface area contributed by atoms with Crippen LogP contribution in [0, 0.1) is 0 Å². The number of nitrogens with one attached hydrogen (secondary N) is 1. The van der Waals surface area contributed by atoms with Gasteiger partial charge in [0, 0.05) is 23.5 Å². The average molecular weight is 356 g/mol. The Morgan fingerprint density at radius 3 is 2.76 bits per heavy atom. The van der Waals surface area contributed by atoms with E-state index in [2.05, 4.69) is 15.6 Å². The third kappa shape index (κ3) is 3.93. The second-order valence-electron chi connectivity index (χ2n) is 7.14. The Bertz CT molecular complexity index is 709. The van der Waals surface area contributed by atoms with E-state index in [1.807, 2.05) is 30.3 Å². The molecule has 2 aromatic rings. The van der Waals surface area contributed by atoms with Crippen molar-refractivity contribution < 1.29 is 4.79 Å². The minimum Gasteiger partial charge on any atom is -0.325 e. The van der Waals surface area contributed by atoms with Gasteiger partial charge in [-0.25, -0.2) is 4.98 Å². The molecule has 1 atom stereocenters. The quantitative estimate of drug-likeness (QED) is 0.864. The molecular formula is C20H25N3OS. The highest BCUT2D eigenvalue weighted by molar-refractivity contribution is 7.09. The van der Waals surface area contributed by atoms with Gasteiger partial charge in [-0.15, -0.1) is 11.3 Å². The number of benzene rings is 1. The van der Waals surface area contributed by atoms with Crippen LogP contribution in [-0.4, -0.2) is 28.4 Å². The van der Waals surface area contributed by atoms with Crippen molar-refractivity contribution in [2.45, 2.75) is 57.0 Å². The van der Waals surface area contributed by atoms with E-state index >= 15 is 0 Å². The Kier molecular flexibility index (Phi) is 5.13. The van der Waals surface area contributed by atoms with Crippen LogP contribution in [0.25, 0.3) is 0 Å². The van der Waals surface area contributed by atoms with E-state index in [0.717, 1.165) is 37.3 Å². The fourth-order valence-electron chi connectivity index (χ4n) is 4.02. The fourth-order valence-corrected chi connectivity index (χ4v) is 5.01. The number of carbonyl (C=O) groups excluding carboxylic acids is 1. The SMILES string of the molecule is O=C(Nc1ccccc1)[C@H]1CCCN1Cc1csc(C2CCCC2)n1. The first-order valence-corrected chi connectivity index (χ1v) is 10.2. The van der Waals surface area contributed by atoms with Crippen molar-refractivity contribution in [1.82, 2.24) is 9.88 Å². The highest BCUT2D eigenvalue weighted by atomic mass is 32.1. The summed E-state index contributed by atoms with van der Waals surface area (Å²) in [5.41, 5.74) is 2.00. The maximum atomic E-state index is 12.7. The summed E-state index contributed by atoms with van der Waals surface area (Å²) in [7, 11) is 0. The maximum absolute atomic E-state index is 12.7. The van der Waals surface area contributed by atoms with Gasteiger partial charge in [0.1, 0.15) is 0 Å². The Balaban J connectivity index is 1.38. The van der Waals surface area contributed by atoms with E-state index in [1.165, 1.54) is 30.7 Å². The smallest absolute Gasteiger partial charge is 0.241 e. The number of aromatic nitrogens is 1. The van der Waals surface area contributed by atoms with E-state index in [1.54, 1.807) is 11.3 Å². The molecule has 132 valence electrons. The largest absolute Gasteiger partial charge is 0.325 e. The average Bonchev–Trinajstić information content (AvgIpc) is 3.37.